The van der Waals surface area contributed by atoms with E-state index in [0.717, 1.165) is 11.3 Å². The predicted octanol–water partition coefficient (Wildman–Crippen LogP) is 1.60. The molecule has 0 radical (unpaired) electrons. The van der Waals surface area contributed by atoms with E-state index >= 15 is 0 Å². The Hall–Kier alpha value is -0.340. The van der Waals surface area contributed by atoms with Gasteiger partial charge >= 0.3 is 0 Å². The number of amides is 1. The maximum atomic E-state index is 11.9. The van der Waals surface area contributed by atoms with Crippen molar-refractivity contribution in [2.75, 3.05) is 0 Å². The highest BCUT2D eigenvalue weighted by Gasteiger charge is 2.67. The molecule has 0 aromatic carbocycles. The largest absolute Gasteiger partial charge is 0.351 e. The number of thiophene rings is 1. The van der Waals surface area contributed by atoms with E-state index < -0.39 is 19.8 Å². The number of primary sulfonamides is 1. The van der Waals surface area contributed by atoms with Crippen molar-refractivity contribution in [3.05, 3.63) is 17.0 Å². The molecule has 0 bridgehead atoms. The molecule has 3 N–H and O–H groups in total. The number of alkyl halides is 2. The quantitative estimate of drug-likeness (QED) is 0.814. The monoisotopic (exact) mass is 342 g/mol. The van der Waals surface area contributed by atoms with Gasteiger partial charge in [-0.3, -0.25) is 4.79 Å². The molecule has 2 rings (SSSR count). The number of hydrogen-bond acceptors (Lipinski definition) is 4. The van der Waals surface area contributed by atoms with E-state index in [1.54, 1.807) is 13.0 Å². The maximum absolute atomic E-state index is 11.9. The average Bonchev–Trinajstić information content (AvgIpc) is 2.67. The highest BCUT2D eigenvalue weighted by atomic mass is 35.5. The number of carbonyl (C=O) groups excluding carboxylic acids is 1. The predicted molar refractivity (Wildman–Crippen MR) is 74.7 cm³/mol. The third-order valence-electron chi connectivity index (χ3n) is 3.10. The molecule has 1 aromatic rings. The Balaban J connectivity index is 1.97. The van der Waals surface area contributed by atoms with E-state index in [4.69, 9.17) is 28.3 Å². The van der Waals surface area contributed by atoms with Crippen LogP contribution in [0.4, 0.5) is 0 Å². The maximum Gasteiger partial charge on any atom is 0.247 e. The van der Waals surface area contributed by atoms with Gasteiger partial charge < -0.3 is 5.32 Å². The molecule has 106 valence electrons. The smallest absolute Gasteiger partial charge is 0.247 e. The second-order valence-electron chi connectivity index (χ2n) is 4.66. The summed E-state index contributed by atoms with van der Waals surface area (Å²) in [6.45, 7) is 1.91. The molecule has 0 aliphatic heterocycles. The van der Waals surface area contributed by atoms with E-state index in [0.29, 0.717) is 11.3 Å². The summed E-state index contributed by atoms with van der Waals surface area (Å²) in [7, 11) is -3.69. The van der Waals surface area contributed by atoms with Crippen LogP contribution in [0.25, 0.3) is 0 Å². The summed E-state index contributed by atoms with van der Waals surface area (Å²) in [4.78, 5) is 12.6. The molecule has 0 saturated heterocycles. The Morgan fingerprint density at radius 2 is 2.11 bits per heavy atom. The fourth-order valence-corrected chi connectivity index (χ4v) is 4.04. The Morgan fingerprint density at radius 1 is 1.53 bits per heavy atom. The van der Waals surface area contributed by atoms with Gasteiger partial charge in [0, 0.05) is 4.88 Å². The van der Waals surface area contributed by atoms with Crippen molar-refractivity contribution >= 4 is 50.5 Å². The number of halogens is 2. The van der Waals surface area contributed by atoms with Crippen molar-refractivity contribution in [3.8, 4) is 0 Å². The van der Waals surface area contributed by atoms with Crippen molar-refractivity contribution < 1.29 is 13.2 Å². The molecule has 0 unspecified atom stereocenters. The second-order valence-corrected chi connectivity index (χ2v) is 9.10. The number of carbonyl (C=O) groups is 1. The van der Waals surface area contributed by atoms with Crippen LogP contribution in [0.2, 0.25) is 0 Å². The average molecular weight is 343 g/mol. The Morgan fingerprint density at radius 3 is 2.53 bits per heavy atom. The van der Waals surface area contributed by atoms with Gasteiger partial charge in [-0.05, 0) is 25.5 Å². The second kappa shape index (κ2) is 4.60. The summed E-state index contributed by atoms with van der Waals surface area (Å²) in [5.41, 5.74) is -0.782. The summed E-state index contributed by atoms with van der Waals surface area (Å²) >= 11 is 12.8. The normalized spacial score (nSPS) is 25.1. The molecule has 1 heterocycles. The topological polar surface area (TPSA) is 89.3 Å². The molecule has 1 fully saturated rings. The third-order valence-corrected chi connectivity index (χ3v) is 6.72. The van der Waals surface area contributed by atoms with Crippen LogP contribution in [0, 0.1) is 5.41 Å². The lowest BCUT2D eigenvalue weighted by Crippen LogP contribution is -2.32. The summed E-state index contributed by atoms with van der Waals surface area (Å²) in [5, 5.41) is 7.69. The number of sulfonamides is 1. The summed E-state index contributed by atoms with van der Waals surface area (Å²) in [6.07, 6.45) is 0.405. The SMILES string of the molecule is C[C@@]1(C(=O)NCc2ccc(S(N)(=O)=O)s2)CC1(Cl)Cl. The van der Waals surface area contributed by atoms with Gasteiger partial charge in [-0.2, -0.15) is 0 Å². The minimum absolute atomic E-state index is 0.0680. The summed E-state index contributed by atoms with van der Waals surface area (Å²) < 4.78 is 21.3. The first-order valence-corrected chi connectivity index (χ1v) is 8.46. The lowest BCUT2D eigenvalue weighted by Gasteiger charge is -2.11. The van der Waals surface area contributed by atoms with Crippen LogP contribution in [0.15, 0.2) is 16.3 Å². The molecular formula is C10H12Cl2N2O3S2. The van der Waals surface area contributed by atoms with Crippen LogP contribution in [-0.2, 0) is 21.4 Å². The van der Waals surface area contributed by atoms with Crippen LogP contribution in [0.5, 0.6) is 0 Å². The van der Waals surface area contributed by atoms with Crippen LogP contribution >= 0.6 is 34.5 Å². The van der Waals surface area contributed by atoms with Gasteiger partial charge in [0.2, 0.25) is 15.9 Å². The molecule has 1 saturated carbocycles. The van der Waals surface area contributed by atoms with E-state index in [2.05, 4.69) is 5.32 Å². The first kappa shape index (κ1) is 15.1. The fraction of sp³-hybridized carbons (Fsp3) is 0.500. The zero-order valence-electron chi connectivity index (χ0n) is 9.94. The van der Waals surface area contributed by atoms with Gasteiger partial charge in [0.25, 0.3) is 0 Å². The standard InChI is InChI=1S/C10H12Cl2N2O3S2/c1-9(5-10(9,11)12)8(15)14-4-6-2-3-7(18-6)19(13,16)17/h2-3H,4-5H2,1H3,(H,14,15)(H2,13,16,17)/t9-/m0/s1. The first-order valence-electron chi connectivity index (χ1n) is 5.34. The van der Waals surface area contributed by atoms with Crippen molar-refractivity contribution in [2.24, 2.45) is 10.6 Å². The number of hydrogen-bond donors (Lipinski definition) is 2. The molecule has 1 aliphatic carbocycles. The van der Waals surface area contributed by atoms with Crippen molar-refractivity contribution in [1.29, 1.82) is 0 Å². The van der Waals surface area contributed by atoms with Gasteiger partial charge in [0.05, 0.1) is 12.0 Å². The Kier molecular flexibility index (Phi) is 3.64. The molecule has 1 aliphatic rings. The molecule has 5 nitrogen and oxygen atoms in total. The lowest BCUT2D eigenvalue weighted by atomic mass is 10.1. The zero-order chi connectivity index (χ0) is 14.5. The van der Waals surface area contributed by atoms with Gasteiger partial charge in [-0.25, -0.2) is 13.6 Å². The molecular weight excluding hydrogens is 331 g/mol. The van der Waals surface area contributed by atoms with Crippen molar-refractivity contribution in [3.63, 3.8) is 0 Å². The Labute approximate surface area is 125 Å². The third kappa shape index (κ3) is 2.90. The van der Waals surface area contributed by atoms with Crippen molar-refractivity contribution in [1.82, 2.24) is 5.32 Å². The summed E-state index contributed by atoms with van der Waals surface area (Å²) in [6, 6.07) is 3.02. The Bertz CT molecular complexity index is 626. The molecule has 9 heteroatoms. The minimum Gasteiger partial charge on any atom is -0.351 e. The number of rotatable bonds is 4. The molecule has 19 heavy (non-hydrogen) atoms. The van der Waals surface area contributed by atoms with Crippen LogP contribution in [-0.4, -0.2) is 18.7 Å². The van der Waals surface area contributed by atoms with Crippen LogP contribution in [0.3, 0.4) is 0 Å². The fourth-order valence-electron chi connectivity index (χ4n) is 1.61. The van der Waals surface area contributed by atoms with E-state index in [-0.39, 0.29) is 16.7 Å². The molecule has 0 spiro atoms. The highest BCUT2D eigenvalue weighted by molar-refractivity contribution is 7.91. The van der Waals surface area contributed by atoms with E-state index in [1.165, 1.54) is 6.07 Å². The van der Waals surface area contributed by atoms with Gasteiger partial charge in [-0.1, -0.05) is 0 Å². The van der Waals surface area contributed by atoms with E-state index in [9.17, 15) is 13.2 Å². The van der Waals surface area contributed by atoms with Crippen LogP contribution < -0.4 is 10.5 Å². The minimum atomic E-state index is -3.69. The molecule has 1 amide bonds. The van der Waals surface area contributed by atoms with Crippen molar-refractivity contribution in [2.45, 2.75) is 28.4 Å². The van der Waals surface area contributed by atoms with Gasteiger partial charge in [-0.15, -0.1) is 34.5 Å². The number of nitrogens with two attached hydrogens (primary N) is 1. The first-order chi connectivity index (χ1) is 8.56. The number of nitrogens with one attached hydrogen (secondary N) is 1. The summed E-state index contributed by atoms with van der Waals surface area (Å²) in [5.74, 6) is -0.247. The zero-order valence-corrected chi connectivity index (χ0v) is 13.1. The highest BCUT2D eigenvalue weighted by Crippen LogP contribution is 2.63. The molecule has 1 aromatic heterocycles. The lowest BCUT2D eigenvalue weighted by molar-refractivity contribution is -0.125. The van der Waals surface area contributed by atoms with E-state index in [1.807, 2.05) is 0 Å². The van der Waals surface area contributed by atoms with Gasteiger partial charge in [0.1, 0.15) is 8.54 Å². The molecule has 1 atom stereocenters. The van der Waals surface area contributed by atoms with Crippen LogP contribution in [0.1, 0.15) is 18.2 Å². The van der Waals surface area contributed by atoms with Gasteiger partial charge in [0.15, 0.2) is 0 Å².